The number of aryl methyl sites for hydroxylation is 1. The van der Waals surface area contributed by atoms with Gasteiger partial charge in [0.25, 0.3) is 0 Å². The molecule has 1 aromatic carbocycles. The van der Waals surface area contributed by atoms with Crippen LogP contribution in [0.2, 0.25) is 0 Å². The van der Waals surface area contributed by atoms with Gasteiger partial charge in [0.1, 0.15) is 0 Å². The van der Waals surface area contributed by atoms with Crippen LogP contribution < -0.4 is 0 Å². The molecule has 0 fully saturated rings. The van der Waals surface area contributed by atoms with Gasteiger partial charge in [-0.15, -0.1) is 0 Å². The lowest BCUT2D eigenvalue weighted by molar-refractivity contribution is 0.0922. The normalized spacial score (nSPS) is 13.1. The summed E-state index contributed by atoms with van der Waals surface area (Å²) in [6, 6.07) is 3.02. The van der Waals surface area contributed by atoms with E-state index in [2.05, 4.69) is 0 Å². The van der Waals surface area contributed by atoms with Gasteiger partial charge in [0.05, 0.1) is 6.10 Å². The second kappa shape index (κ2) is 6.83. The molecule has 1 nitrogen and oxygen atoms in total. The number of halogens is 2. The lowest BCUT2D eigenvalue weighted by atomic mass is 9.87. The fraction of sp³-hybridized carbons (Fsp3) is 0.600. The Bertz CT molecular complexity index is 384. The second-order valence-electron chi connectivity index (χ2n) is 4.88. The Labute approximate surface area is 108 Å². The third kappa shape index (κ3) is 3.29. The van der Waals surface area contributed by atoms with E-state index in [9.17, 15) is 13.9 Å². The average Bonchev–Trinajstić information content (AvgIpc) is 2.35. The van der Waals surface area contributed by atoms with Crippen molar-refractivity contribution in [2.45, 2.75) is 52.6 Å². The Hall–Kier alpha value is -0.960. The minimum atomic E-state index is -0.917. The molecule has 0 amide bonds. The average molecular weight is 256 g/mol. The lowest BCUT2D eigenvalue weighted by Gasteiger charge is -2.23. The van der Waals surface area contributed by atoms with Crippen LogP contribution >= 0.6 is 0 Å². The van der Waals surface area contributed by atoms with Crippen molar-refractivity contribution in [1.29, 1.82) is 0 Å². The van der Waals surface area contributed by atoms with Crippen LogP contribution in [0.3, 0.4) is 0 Å². The molecular formula is C15H22F2O. The molecule has 18 heavy (non-hydrogen) atoms. The fourth-order valence-corrected chi connectivity index (χ4v) is 2.34. The molecule has 1 unspecified atom stereocenters. The van der Waals surface area contributed by atoms with Crippen molar-refractivity contribution in [3.63, 3.8) is 0 Å². The molecule has 0 heterocycles. The van der Waals surface area contributed by atoms with Crippen LogP contribution in [0.5, 0.6) is 0 Å². The number of aliphatic hydroxyl groups is 1. The van der Waals surface area contributed by atoms with E-state index in [-0.39, 0.29) is 17.0 Å². The molecule has 0 aromatic heterocycles. The third-order valence-electron chi connectivity index (χ3n) is 3.39. The Balaban J connectivity index is 3.00. The van der Waals surface area contributed by atoms with Crippen molar-refractivity contribution in [3.8, 4) is 0 Å². The molecule has 1 atom stereocenters. The second-order valence-corrected chi connectivity index (χ2v) is 4.88. The zero-order chi connectivity index (χ0) is 13.7. The molecule has 0 bridgehead atoms. The smallest absolute Gasteiger partial charge is 0.164 e. The Kier molecular flexibility index (Phi) is 5.73. The molecule has 0 saturated heterocycles. The molecule has 0 radical (unpaired) electrons. The van der Waals surface area contributed by atoms with Gasteiger partial charge in [-0.1, -0.05) is 38.8 Å². The first-order chi connectivity index (χ1) is 8.52. The summed E-state index contributed by atoms with van der Waals surface area (Å²) in [4.78, 5) is 0. The Morgan fingerprint density at radius 1 is 1.06 bits per heavy atom. The van der Waals surface area contributed by atoms with E-state index in [1.165, 1.54) is 19.1 Å². The van der Waals surface area contributed by atoms with Gasteiger partial charge in [-0.05, 0) is 31.2 Å². The molecule has 3 heteroatoms. The van der Waals surface area contributed by atoms with Crippen molar-refractivity contribution < 1.29 is 13.9 Å². The van der Waals surface area contributed by atoms with Gasteiger partial charge in [0, 0.05) is 5.56 Å². The molecule has 0 saturated carbocycles. The van der Waals surface area contributed by atoms with Crippen LogP contribution in [0.25, 0.3) is 0 Å². The monoisotopic (exact) mass is 256 g/mol. The predicted molar refractivity (Wildman–Crippen MR) is 69.4 cm³/mol. The van der Waals surface area contributed by atoms with Crippen molar-refractivity contribution in [1.82, 2.24) is 0 Å². The predicted octanol–water partition coefficient (Wildman–Crippen LogP) is 4.52. The summed E-state index contributed by atoms with van der Waals surface area (Å²) in [5.74, 6) is -1.75. The highest BCUT2D eigenvalue weighted by atomic mass is 19.2. The van der Waals surface area contributed by atoms with Gasteiger partial charge >= 0.3 is 0 Å². The first-order valence-corrected chi connectivity index (χ1v) is 6.65. The first-order valence-electron chi connectivity index (χ1n) is 6.65. The van der Waals surface area contributed by atoms with Gasteiger partial charge < -0.3 is 5.11 Å². The topological polar surface area (TPSA) is 20.2 Å². The highest BCUT2D eigenvalue weighted by Crippen LogP contribution is 2.32. The van der Waals surface area contributed by atoms with Crippen molar-refractivity contribution in [3.05, 3.63) is 34.9 Å². The van der Waals surface area contributed by atoms with Gasteiger partial charge in [-0.3, -0.25) is 0 Å². The zero-order valence-corrected chi connectivity index (χ0v) is 11.3. The van der Waals surface area contributed by atoms with Crippen LogP contribution in [0, 0.1) is 24.5 Å². The van der Waals surface area contributed by atoms with Crippen molar-refractivity contribution in [2.24, 2.45) is 5.92 Å². The molecule has 0 aliphatic heterocycles. The number of benzene rings is 1. The van der Waals surface area contributed by atoms with Gasteiger partial charge in [-0.25, -0.2) is 8.78 Å². The maximum absolute atomic E-state index is 13.8. The number of hydrogen-bond donors (Lipinski definition) is 1. The summed E-state index contributed by atoms with van der Waals surface area (Å²) >= 11 is 0. The minimum Gasteiger partial charge on any atom is -0.388 e. The molecule has 0 spiro atoms. The van der Waals surface area contributed by atoms with Crippen LogP contribution in [0.1, 0.15) is 56.8 Å². The van der Waals surface area contributed by atoms with Crippen LogP contribution in [0.15, 0.2) is 12.1 Å². The van der Waals surface area contributed by atoms with E-state index >= 15 is 0 Å². The fourth-order valence-electron chi connectivity index (χ4n) is 2.34. The first kappa shape index (κ1) is 15.1. The van der Waals surface area contributed by atoms with Crippen LogP contribution in [-0.2, 0) is 0 Å². The van der Waals surface area contributed by atoms with Crippen LogP contribution in [-0.4, -0.2) is 5.11 Å². The summed E-state index contributed by atoms with van der Waals surface area (Å²) < 4.78 is 27.3. The summed E-state index contributed by atoms with van der Waals surface area (Å²) in [5.41, 5.74) is 0.357. The Morgan fingerprint density at radius 3 is 2.11 bits per heavy atom. The van der Waals surface area contributed by atoms with Gasteiger partial charge in [-0.2, -0.15) is 0 Å². The molecule has 0 aliphatic rings. The largest absolute Gasteiger partial charge is 0.388 e. The van der Waals surface area contributed by atoms with E-state index < -0.39 is 17.7 Å². The third-order valence-corrected chi connectivity index (χ3v) is 3.39. The van der Waals surface area contributed by atoms with E-state index in [1.54, 1.807) is 0 Å². The maximum Gasteiger partial charge on any atom is 0.164 e. The SMILES string of the molecule is CCCC(CCC)C(O)c1ccc(C)c(F)c1F. The molecular weight excluding hydrogens is 234 g/mol. The van der Waals surface area contributed by atoms with E-state index in [4.69, 9.17) is 0 Å². The summed E-state index contributed by atoms with van der Waals surface area (Å²) in [7, 11) is 0. The molecule has 1 rings (SSSR count). The highest BCUT2D eigenvalue weighted by molar-refractivity contribution is 5.27. The highest BCUT2D eigenvalue weighted by Gasteiger charge is 2.24. The van der Waals surface area contributed by atoms with Gasteiger partial charge in [0.2, 0.25) is 0 Å². The maximum atomic E-state index is 13.8. The lowest BCUT2D eigenvalue weighted by Crippen LogP contribution is -2.15. The number of rotatable bonds is 6. The van der Waals surface area contributed by atoms with E-state index in [0.717, 1.165) is 25.7 Å². The summed E-state index contributed by atoms with van der Waals surface area (Å²) in [6.07, 6.45) is 2.59. The summed E-state index contributed by atoms with van der Waals surface area (Å²) in [6.45, 7) is 5.58. The molecule has 1 aromatic rings. The van der Waals surface area contributed by atoms with Crippen LogP contribution in [0.4, 0.5) is 8.78 Å². The summed E-state index contributed by atoms with van der Waals surface area (Å²) in [5, 5.41) is 10.2. The standard InChI is InChI=1S/C15H22F2O/c1-4-6-11(7-5-2)15(18)12-9-8-10(3)13(16)14(12)17/h8-9,11,15,18H,4-7H2,1-3H3. The quantitative estimate of drug-likeness (QED) is 0.793. The zero-order valence-electron chi connectivity index (χ0n) is 11.3. The molecule has 102 valence electrons. The van der Waals surface area contributed by atoms with E-state index in [0.29, 0.717) is 0 Å². The minimum absolute atomic E-state index is 0.00314. The van der Waals surface area contributed by atoms with Crippen molar-refractivity contribution >= 4 is 0 Å². The van der Waals surface area contributed by atoms with E-state index in [1.807, 2.05) is 13.8 Å². The van der Waals surface area contributed by atoms with Gasteiger partial charge in [0.15, 0.2) is 11.6 Å². The molecule has 0 aliphatic carbocycles. The number of aliphatic hydroxyl groups excluding tert-OH is 1. The Morgan fingerprint density at radius 2 is 1.61 bits per heavy atom. The molecule has 1 N–H and O–H groups in total. The number of hydrogen-bond acceptors (Lipinski definition) is 1. The van der Waals surface area contributed by atoms with Crippen molar-refractivity contribution in [2.75, 3.05) is 0 Å².